The highest BCUT2D eigenvalue weighted by molar-refractivity contribution is 7.26. The minimum absolute atomic E-state index is 0.00416. The van der Waals surface area contributed by atoms with Crippen molar-refractivity contribution in [1.82, 2.24) is 0 Å². The number of hydrogen-bond donors (Lipinski definition) is 0. The first-order chi connectivity index (χ1) is 14.1. The largest absolute Gasteiger partial charge is 0.134 e. The first kappa shape index (κ1) is 17.3. The Bertz CT molecular complexity index is 1440. The molecule has 1 aliphatic carbocycles. The van der Waals surface area contributed by atoms with Crippen molar-refractivity contribution < 1.29 is 0 Å². The van der Waals surface area contributed by atoms with Gasteiger partial charge in [0.15, 0.2) is 0 Å². The maximum Gasteiger partial charge on any atom is 0.0585 e. The van der Waals surface area contributed by atoms with Gasteiger partial charge in [-0.2, -0.15) is 0 Å². The van der Waals surface area contributed by atoms with E-state index in [1.165, 1.54) is 53.6 Å². The van der Waals surface area contributed by atoms with E-state index < -0.39 is 0 Å². The summed E-state index contributed by atoms with van der Waals surface area (Å²) >= 11 is 8.38. The van der Waals surface area contributed by atoms with Crippen LogP contribution in [-0.4, -0.2) is 0 Å². The average molecular weight is 411 g/mol. The van der Waals surface area contributed by atoms with Crippen molar-refractivity contribution in [2.75, 3.05) is 0 Å². The molecule has 140 valence electrons. The van der Waals surface area contributed by atoms with Crippen LogP contribution in [0.25, 0.3) is 42.4 Å². The third kappa shape index (κ3) is 2.32. The zero-order chi connectivity index (χ0) is 19.8. The molecule has 0 fully saturated rings. The van der Waals surface area contributed by atoms with E-state index in [-0.39, 0.29) is 5.41 Å². The molecule has 1 heterocycles. The molecule has 0 atom stereocenters. The van der Waals surface area contributed by atoms with Crippen LogP contribution in [0.5, 0.6) is 0 Å². The molecule has 0 amide bonds. The highest BCUT2D eigenvalue weighted by Crippen LogP contribution is 2.50. The molecule has 2 heteroatoms. The molecule has 0 radical (unpaired) electrons. The van der Waals surface area contributed by atoms with Gasteiger partial charge in [0.1, 0.15) is 0 Å². The van der Waals surface area contributed by atoms with Gasteiger partial charge in [0, 0.05) is 20.9 Å². The molecule has 0 spiro atoms. The third-order valence-corrected chi connectivity index (χ3v) is 8.00. The summed E-state index contributed by atoms with van der Waals surface area (Å²) in [5.74, 6) is 0. The molecule has 0 N–H and O–H groups in total. The predicted octanol–water partition coefficient (Wildman–Crippen LogP) is 8.68. The van der Waals surface area contributed by atoms with Gasteiger partial charge in [0.2, 0.25) is 0 Å². The standard InChI is InChI=1S/C27H19ClS/c1-27(2)21-9-5-3-7-18(21)19-12-11-16(15-22(19)27)17-13-14-23(28)26-25(17)20-8-4-6-10-24(20)29-26/h3-15H,1-2H3. The van der Waals surface area contributed by atoms with Gasteiger partial charge in [0.25, 0.3) is 0 Å². The van der Waals surface area contributed by atoms with Gasteiger partial charge >= 0.3 is 0 Å². The third-order valence-electron chi connectivity index (χ3n) is 6.37. The van der Waals surface area contributed by atoms with E-state index in [2.05, 4.69) is 86.6 Å². The van der Waals surface area contributed by atoms with Gasteiger partial charge in [-0.3, -0.25) is 0 Å². The van der Waals surface area contributed by atoms with Crippen molar-refractivity contribution >= 4 is 43.1 Å². The van der Waals surface area contributed by atoms with Crippen LogP contribution in [-0.2, 0) is 5.41 Å². The average Bonchev–Trinajstić information content (AvgIpc) is 3.24. The van der Waals surface area contributed by atoms with Gasteiger partial charge in [0.05, 0.1) is 9.72 Å². The number of fused-ring (bicyclic) bond motifs is 6. The van der Waals surface area contributed by atoms with Gasteiger partial charge in [-0.25, -0.2) is 0 Å². The van der Waals surface area contributed by atoms with Crippen LogP contribution in [0.4, 0.5) is 0 Å². The predicted molar refractivity (Wildman–Crippen MR) is 127 cm³/mol. The number of benzene rings is 4. The zero-order valence-corrected chi connectivity index (χ0v) is 17.9. The van der Waals surface area contributed by atoms with Crippen LogP contribution in [0.1, 0.15) is 25.0 Å². The SMILES string of the molecule is CC1(C)c2ccccc2-c2ccc(-c3ccc(Cl)c4sc5ccccc5c34)cc21. The summed E-state index contributed by atoms with van der Waals surface area (Å²) in [5, 5.41) is 3.39. The lowest BCUT2D eigenvalue weighted by atomic mass is 9.81. The van der Waals surface area contributed by atoms with E-state index in [1.807, 2.05) is 6.07 Å². The van der Waals surface area contributed by atoms with Crippen molar-refractivity contribution in [2.24, 2.45) is 0 Å². The highest BCUT2D eigenvalue weighted by atomic mass is 35.5. The molecule has 0 unspecified atom stereocenters. The Hall–Kier alpha value is -2.61. The lowest BCUT2D eigenvalue weighted by Gasteiger charge is -2.22. The Morgan fingerprint density at radius 3 is 2.34 bits per heavy atom. The van der Waals surface area contributed by atoms with Crippen molar-refractivity contribution in [3.05, 3.63) is 95.0 Å². The Labute approximate surface area is 179 Å². The number of halogens is 1. The molecule has 0 aliphatic heterocycles. The summed E-state index contributed by atoms with van der Waals surface area (Å²) in [5.41, 5.74) is 8.06. The summed E-state index contributed by atoms with van der Waals surface area (Å²) in [6, 6.07) is 28.6. The Kier molecular flexibility index (Phi) is 3.54. The second kappa shape index (κ2) is 5.95. The number of hydrogen-bond acceptors (Lipinski definition) is 1. The molecule has 1 aromatic heterocycles. The molecule has 0 nitrogen and oxygen atoms in total. The van der Waals surface area contributed by atoms with Crippen LogP contribution >= 0.6 is 22.9 Å². The van der Waals surface area contributed by atoms with E-state index in [9.17, 15) is 0 Å². The van der Waals surface area contributed by atoms with Gasteiger partial charge in [-0.15, -0.1) is 11.3 Å². The smallest absolute Gasteiger partial charge is 0.0585 e. The fourth-order valence-corrected chi connectivity index (χ4v) is 6.32. The molecule has 0 bridgehead atoms. The van der Waals surface area contributed by atoms with Crippen LogP contribution in [0.2, 0.25) is 5.02 Å². The Morgan fingerprint density at radius 2 is 1.45 bits per heavy atom. The summed E-state index contributed by atoms with van der Waals surface area (Å²) in [6.45, 7) is 4.66. The van der Waals surface area contributed by atoms with Gasteiger partial charge in [-0.1, -0.05) is 86.1 Å². The van der Waals surface area contributed by atoms with Crippen LogP contribution in [0, 0.1) is 0 Å². The molecule has 5 aromatic rings. The van der Waals surface area contributed by atoms with Crippen LogP contribution in [0.15, 0.2) is 78.9 Å². The molecular weight excluding hydrogens is 392 g/mol. The first-order valence-corrected chi connectivity index (χ1v) is 11.1. The highest BCUT2D eigenvalue weighted by Gasteiger charge is 2.35. The van der Waals surface area contributed by atoms with E-state index in [1.54, 1.807) is 11.3 Å². The minimum atomic E-state index is 0.00416. The fraction of sp³-hybridized carbons (Fsp3) is 0.111. The Balaban J connectivity index is 1.65. The Morgan fingerprint density at radius 1 is 0.724 bits per heavy atom. The van der Waals surface area contributed by atoms with Crippen molar-refractivity contribution in [3.63, 3.8) is 0 Å². The molecule has 4 aromatic carbocycles. The van der Waals surface area contributed by atoms with E-state index in [4.69, 9.17) is 11.6 Å². The topological polar surface area (TPSA) is 0 Å². The second-order valence-electron chi connectivity index (χ2n) is 8.33. The first-order valence-electron chi connectivity index (χ1n) is 9.90. The lowest BCUT2D eigenvalue weighted by Crippen LogP contribution is -2.14. The van der Waals surface area contributed by atoms with Crippen molar-refractivity contribution in [1.29, 1.82) is 0 Å². The fourth-order valence-electron chi connectivity index (χ4n) is 4.91. The summed E-state index contributed by atoms with van der Waals surface area (Å²) in [6.07, 6.45) is 0. The minimum Gasteiger partial charge on any atom is -0.134 e. The van der Waals surface area contributed by atoms with Crippen molar-refractivity contribution in [2.45, 2.75) is 19.3 Å². The molecular formula is C27H19ClS. The molecule has 6 rings (SSSR count). The second-order valence-corrected chi connectivity index (χ2v) is 9.79. The summed E-state index contributed by atoms with van der Waals surface area (Å²) < 4.78 is 2.46. The molecule has 29 heavy (non-hydrogen) atoms. The van der Waals surface area contributed by atoms with E-state index in [0.29, 0.717) is 0 Å². The normalized spacial score (nSPS) is 14.3. The maximum absolute atomic E-state index is 6.60. The molecule has 0 saturated heterocycles. The van der Waals surface area contributed by atoms with Gasteiger partial charge < -0.3 is 0 Å². The maximum atomic E-state index is 6.60. The quantitative estimate of drug-likeness (QED) is 0.259. The zero-order valence-electron chi connectivity index (χ0n) is 16.3. The van der Waals surface area contributed by atoms with E-state index in [0.717, 1.165) is 5.02 Å². The molecule has 0 saturated carbocycles. The van der Waals surface area contributed by atoms with Crippen LogP contribution in [0.3, 0.4) is 0 Å². The van der Waals surface area contributed by atoms with Gasteiger partial charge in [-0.05, 0) is 51.6 Å². The van der Waals surface area contributed by atoms with E-state index >= 15 is 0 Å². The lowest BCUT2D eigenvalue weighted by molar-refractivity contribution is 0.660. The number of rotatable bonds is 1. The summed E-state index contributed by atoms with van der Waals surface area (Å²) in [7, 11) is 0. The monoisotopic (exact) mass is 410 g/mol. The molecule has 1 aliphatic rings. The number of thiophene rings is 1. The van der Waals surface area contributed by atoms with Crippen molar-refractivity contribution in [3.8, 4) is 22.3 Å². The van der Waals surface area contributed by atoms with Crippen LogP contribution < -0.4 is 0 Å². The summed E-state index contributed by atoms with van der Waals surface area (Å²) in [4.78, 5) is 0.